The molecule has 0 atom stereocenters. The summed E-state index contributed by atoms with van der Waals surface area (Å²) in [6, 6.07) is 10.2. The number of rotatable bonds is 2. The monoisotopic (exact) mass is 252 g/mol. The van der Waals surface area contributed by atoms with Crippen LogP contribution in [0.1, 0.15) is 37.3 Å². The van der Waals surface area contributed by atoms with Crippen molar-refractivity contribution in [1.29, 1.82) is 0 Å². The largest absolute Gasteiger partial charge is 0.322 e. The Bertz CT molecular complexity index is 671. The van der Waals surface area contributed by atoms with Gasteiger partial charge in [0.1, 0.15) is 0 Å². The van der Waals surface area contributed by atoms with Crippen molar-refractivity contribution >= 4 is 11.0 Å². The van der Waals surface area contributed by atoms with E-state index in [4.69, 9.17) is 0 Å². The minimum absolute atomic E-state index is 0.644. The zero-order valence-electron chi connectivity index (χ0n) is 10.7. The fourth-order valence-corrected chi connectivity index (χ4v) is 2.94. The molecule has 4 nitrogen and oxygen atoms in total. The van der Waals surface area contributed by atoms with Gasteiger partial charge >= 0.3 is 0 Å². The number of aromatic nitrogens is 4. The van der Waals surface area contributed by atoms with Crippen LogP contribution < -0.4 is 0 Å². The van der Waals surface area contributed by atoms with Gasteiger partial charge in [0, 0.05) is 12.1 Å². The summed E-state index contributed by atoms with van der Waals surface area (Å²) in [5.74, 6) is 1.44. The van der Waals surface area contributed by atoms with Crippen LogP contribution in [-0.2, 0) is 0 Å². The van der Waals surface area contributed by atoms with E-state index in [2.05, 4.69) is 21.1 Å². The smallest absolute Gasteiger partial charge is 0.229 e. The van der Waals surface area contributed by atoms with Gasteiger partial charge in [-0.3, -0.25) is 0 Å². The highest BCUT2D eigenvalue weighted by Crippen LogP contribution is 2.33. The van der Waals surface area contributed by atoms with Crippen molar-refractivity contribution in [3.63, 3.8) is 0 Å². The summed E-state index contributed by atoms with van der Waals surface area (Å²) in [6.45, 7) is 0. The zero-order chi connectivity index (χ0) is 12.7. The van der Waals surface area contributed by atoms with Gasteiger partial charge in [-0.05, 0) is 31.0 Å². The maximum absolute atomic E-state index is 4.68. The van der Waals surface area contributed by atoms with Crippen LogP contribution >= 0.6 is 0 Å². The molecule has 0 unspecified atom stereocenters. The molecule has 1 aliphatic carbocycles. The minimum Gasteiger partial charge on any atom is -0.322 e. The van der Waals surface area contributed by atoms with Crippen LogP contribution in [0.25, 0.3) is 17.0 Å². The van der Waals surface area contributed by atoms with Gasteiger partial charge < -0.3 is 4.98 Å². The molecule has 0 aliphatic heterocycles. The van der Waals surface area contributed by atoms with Crippen molar-refractivity contribution in [3.05, 3.63) is 42.2 Å². The van der Waals surface area contributed by atoms with Crippen molar-refractivity contribution in [3.8, 4) is 5.95 Å². The Labute approximate surface area is 111 Å². The number of fused-ring (bicyclic) bond motifs is 1. The van der Waals surface area contributed by atoms with Crippen LogP contribution in [0.15, 0.2) is 36.5 Å². The molecule has 2 aromatic heterocycles. The van der Waals surface area contributed by atoms with Gasteiger partial charge in [0.2, 0.25) is 5.95 Å². The molecular weight excluding hydrogens is 236 g/mol. The predicted octanol–water partition coefficient (Wildman–Crippen LogP) is 3.41. The average molecular weight is 252 g/mol. The van der Waals surface area contributed by atoms with Crippen LogP contribution in [0, 0.1) is 0 Å². The Morgan fingerprint density at radius 1 is 1.11 bits per heavy atom. The second-order valence-corrected chi connectivity index (χ2v) is 5.24. The summed E-state index contributed by atoms with van der Waals surface area (Å²) in [5, 5.41) is 4.68. The number of hydrogen-bond donors (Lipinski definition) is 1. The number of imidazole rings is 1. The zero-order valence-corrected chi connectivity index (χ0v) is 10.7. The van der Waals surface area contributed by atoms with Gasteiger partial charge in [0.15, 0.2) is 0 Å². The summed E-state index contributed by atoms with van der Waals surface area (Å²) >= 11 is 0. The maximum atomic E-state index is 4.68. The highest BCUT2D eigenvalue weighted by molar-refractivity contribution is 5.75. The molecule has 2 heterocycles. The molecule has 0 bridgehead atoms. The number of aromatic amines is 1. The first-order valence-corrected chi connectivity index (χ1v) is 6.91. The summed E-state index contributed by atoms with van der Waals surface area (Å²) in [6.07, 6.45) is 7.23. The third-order valence-electron chi connectivity index (χ3n) is 3.98. The molecule has 1 aromatic carbocycles. The molecule has 0 radical (unpaired) electrons. The van der Waals surface area contributed by atoms with Crippen molar-refractivity contribution in [2.24, 2.45) is 0 Å². The summed E-state index contributed by atoms with van der Waals surface area (Å²) in [5.41, 5.74) is 3.24. The Hall–Kier alpha value is -2.10. The lowest BCUT2D eigenvalue weighted by atomic mass is 10.1. The van der Waals surface area contributed by atoms with E-state index in [9.17, 15) is 0 Å². The average Bonchev–Trinajstić information content (AvgIpc) is 3.17. The van der Waals surface area contributed by atoms with Crippen LogP contribution in [0.5, 0.6) is 0 Å². The van der Waals surface area contributed by atoms with Crippen LogP contribution in [0.2, 0.25) is 0 Å². The van der Waals surface area contributed by atoms with E-state index in [0.717, 1.165) is 17.0 Å². The third-order valence-corrected chi connectivity index (χ3v) is 3.98. The van der Waals surface area contributed by atoms with Crippen LogP contribution in [0.3, 0.4) is 0 Å². The Kier molecular flexibility index (Phi) is 2.40. The maximum Gasteiger partial charge on any atom is 0.229 e. The molecule has 1 N–H and O–H groups in total. The molecule has 0 amide bonds. The number of nitrogens with one attached hydrogen (secondary N) is 1. The summed E-state index contributed by atoms with van der Waals surface area (Å²) < 4.78 is 1.85. The fourth-order valence-electron chi connectivity index (χ4n) is 2.94. The van der Waals surface area contributed by atoms with Gasteiger partial charge in [-0.15, -0.1) is 0 Å². The number of benzene rings is 1. The first-order chi connectivity index (χ1) is 9.40. The van der Waals surface area contributed by atoms with Gasteiger partial charge in [-0.2, -0.15) is 5.10 Å². The van der Waals surface area contributed by atoms with Crippen molar-refractivity contribution < 1.29 is 0 Å². The van der Waals surface area contributed by atoms with Crippen molar-refractivity contribution in [1.82, 2.24) is 19.7 Å². The van der Waals surface area contributed by atoms with Gasteiger partial charge in [0.05, 0.1) is 16.7 Å². The molecule has 1 saturated carbocycles. The van der Waals surface area contributed by atoms with E-state index in [0.29, 0.717) is 5.92 Å². The second-order valence-electron chi connectivity index (χ2n) is 5.24. The van der Waals surface area contributed by atoms with E-state index in [1.165, 1.54) is 31.4 Å². The molecule has 19 heavy (non-hydrogen) atoms. The van der Waals surface area contributed by atoms with E-state index in [1.807, 2.05) is 35.1 Å². The van der Waals surface area contributed by atoms with Gasteiger partial charge in [-0.1, -0.05) is 25.0 Å². The van der Waals surface area contributed by atoms with Crippen LogP contribution in [-0.4, -0.2) is 19.7 Å². The molecule has 1 aliphatic rings. The standard InChI is InChI=1S/C15H16N4/c1-2-6-11(5-1)12-9-10-19(18-12)15-16-13-7-3-4-8-14(13)17-15/h3-4,7-11H,1-2,5-6H2,(H,16,17). The number of H-pyrrole nitrogens is 1. The van der Waals surface area contributed by atoms with Crippen molar-refractivity contribution in [2.45, 2.75) is 31.6 Å². The predicted molar refractivity (Wildman–Crippen MR) is 74.4 cm³/mol. The Balaban J connectivity index is 1.71. The lowest BCUT2D eigenvalue weighted by Gasteiger charge is -2.03. The van der Waals surface area contributed by atoms with Gasteiger partial charge in [-0.25, -0.2) is 9.67 Å². The lowest BCUT2D eigenvalue weighted by Crippen LogP contribution is -2.00. The fraction of sp³-hybridized carbons (Fsp3) is 0.333. The Morgan fingerprint density at radius 2 is 1.95 bits per heavy atom. The lowest BCUT2D eigenvalue weighted by molar-refractivity contribution is 0.673. The molecule has 96 valence electrons. The number of para-hydroxylation sites is 2. The first-order valence-electron chi connectivity index (χ1n) is 6.91. The number of nitrogens with zero attached hydrogens (tertiary/aromatic N) is 3. The third kappa shape index (κ3) is 1.84. The topological polar surface area (TPSA) is 46.5 Å². The number of hydrogen-bond acceptors (Lipinski definition) is 2. The summed E-state index contributed by atoms with van der Waals surface area (Å²) in [7, 11) is 0. The van der Waals surface area contributed by atoms with E-state index in [-0.39, 0.29) is 0 Å². The highest BCUT2D eigenvalue weighted by atomic mass is 15.3. The molecular formula is C15H16N4. The normalized spacial score (nSPS) is 16.4. The quantitative estimate of drug-likeness (QED) is 0.759. The van der Waals surface area contributed by atoms with E-state index in [1.54, 1.807) is 0 Å². The van der Waals surface area contributed by atoms with Crippen molar-refractivity contribution in [2.75, 3.05) is 0 Å². The molecule has 4 rings (SSSR count). The van der Waals surface area contributed by atoms with Crippen LogP contribution in [0.4, 0.5) is 0 Å². The minimum atomic E-state index is 0.644. The molecule has 0 saturated heterocycles. The molecule has 4 heteroatoms. The van der Waals surface area contributed by atoms with E-state index >= 15 is 0 Å². The van der Waals surface area contributed by atoms with E-state index < -0.39 is 0 Å². The second kappa shape index (κ2) is 4.23. The highest BCUT2D eigenvalue weighted by Gasteiger charge is 2.19. The summed E-state index contributed by atoms with van der Waals surface area (Å²) in [4.78, 5) is 7.87. The van der Waals surface area contributed by atoms with Gasteiger partial charge in [0.25, 0.3) is 0 Å². The molecule has 3 aromatic rings. The molecule has 1 fully saturated rings. The Morgan fingerprint density at radius 3 is 2.79 bits per heavy atom. The SMILES string of the molecule is c1ccc2[nH]c(-n3ccc(C4CCCC4)n3)nc2c1. The first kappa shape index (κ1) is 10.8. The molecule has 0 spiro atoms.